The molecule has 0 heterocycles. The Bertz CT molecular complexity index is 145. The lowest BCUT2D eigenvalue weighted by Gasteiger charge is -2.10. The summed E-state index contributed by atoms with van der Waals surface area (Å²) < 4.78 is 11.4. The number of hydrogen-bond acceptors (Lipinski definition) is 1. The summed E-state index contributed by atoms with van der Waals surface area (Å²) in [6.07, 6.45) is 7.63. The molecule has 0 aromatic heterocycles. The van der Waals surface area contributed by atoms with Crippen LogP contribution in [0, 0.1) is 0 Å². The maximum absolute atomic E-state index is 11.4. The van der Waals surface area contributed by atoms with Crippen LogP contribution in [-0.2, 0) is 11.2 Å². The maximum Gasteiger partial charge on any atom is 0.126 e. The van der Waals surface area contributed by atoms with E-state index in [0.717, 1.165) is 17.7 Å². The third-order valence-corrected chi connectivity index (χ3v) is 3.69. The van der Waals surface area contributed by atoms with E-state index in [1.54, 1.807) is 0 Å². The molecule has 0 radical (unpaired) electrons. The molecule has 0 fully saturated rings. The second-order valence-electron chi connectivity index (χ2n) is 4.01. The highest BCUT2D eigenvalue weighted by Gasteiger charge is 2.04. The molecule has 0 aliphatic rings. The normalized spacial score (nSPS) is 12.8. The van der Waals surface area contributed by atoms with E-state index >= 15 is 0 Å². The van der Waals surface area contributed by atoms with Gasteiger partial charge in [0, 0.05) is 0 Å². The first kappa shape index (κ1) is 14.1. The van der Waals surface area contributed by atoms with Crippen LogP contribution in [0.1, 0.15) is 52.4 Å². The van der Waals surface area contributed by atoms with Gasteiger partial charge in [-0.15, -0.1) is 0 Å². The minimum absolute atomic E-state index is 0.657. The summed E-state index contributed by atoms with van der Waals surface area (Å²) in [4.78, 5) is 0. The lowest BCUT2D eigenvalue weighted by atomic mass is 10.1. The van der Waals surface area contributed by atoms with E-state index in [0.29, 0.717) is 5.75 Å². The molecule has 2 heteroatoms. The van der Waals surface area contributed by atoms with Crippen molar-refractivity contribution in [3.8, 4) is 0 Å². The Hall–Kier alpha value is 0.0500. The van der Waals surface area contributed by atoms with Gasteiger partial charge < -0.3 is 4.55 Å². The van der Waals surface area contributed by atoms with E-state index in [4.69, 9.17) is 0 Å². The van der Waals surface area contributed by atoms with Crippen LogP contribution in [0.5, 0.6) is 0 Å². The van der Waals surface area contributed by atoms with Crippen LogP contribution in [0.4, 0.5) is 0 Å². The first-order valence-electron chi connectivity index (χ1n) is 5.66. The Morgan fingerprint density at radius 3 is 2.29 bits per heavy atom. The van der Waals surface area contributed by atoms with Gasteiger partial charge in [0.25, 0.3) is 0 Å². The quantitative estimate of drug-likeness (QED) is 0.327. The molecule has 0 N–H and O–H groups in total. The number of rotatable bonds is 9. The van der Waals surface area contributed by atoms with Crippen LogP contribution in [0.3, 0.4) is 0 Å². The predicted octanol–water partition coefficient (Wildman–Crippen LogP) is 3.67. The molecule has 0 aliphatic heterocycles. The topological polar surface area (TPSA) is 23.1 Å². The van der Waals surface area contributed by atoms with Crippen molar-refractivity contribution in [1.29, 1.82) is 0 Å². The molecule has 1 unspecified atom stereocenters. The summed E-state index contributed by atoms with van der Waals surface area (Å²) in [5, 5.41) is 0. The summed E-state index contributed by atoms with van der Waals surface area (Å²) >= 11 is -0.657. The van der Waals surface area contributed by atoms with Crippen molar-refractivity contribution in [2.45, 2.75) is 52.4 Å². The van der Waals surface area contributed by atoms with Crippen LogP contribution < -0.4 is 0 Å². The summed E-state index contributed by atoms with van der Waals surface area (Å²) in [7, 11) is 0. The third kappa shape index (κ3) is 10.1. The van der Waals surface area contributed by atoms with Gasteiger partial charge in [-0.1, -0.05) is 39.2 Å². The maximum atomic E-state index is 11.4. The lowest BCUT2D eigenvalue weighted by molar-refractivity contribution is 0.584. The molecule has 0 amide bonds. The van der Waals surface area contributed by atoms with Crippen LogP contribution in [0.25, 0.3) is 0 Å². The van der Waals surface area contributed by atoms with Gasteiger partial charge >= 0.3 is 0 Å². The fraction of sp³-hybridized carbons (Fsp3) is 0.833. The van der Waals surface area contributed by atoms with Crippen molar-refractivity contribution in [2.24, 2.45) is 0 Å². The Morgan fingerprint density at radius 2 is 1.71 bits per heavy atom. The van der Waals surface area contributed by atoms with Crippen LogP contribution >= 0.6 is 0 Å². The number of hydrogen-bond donors (Lipinski definition) is 0. The first-order valence-corrected chi connectivity index (χ1v) is 7.15. The van der Waals surface area contributed by atoms with E-state index in [1.807, 2.05) is 6.92 Å². The van der Waals surface area contributed by atoms with Crippen molar-refractivity contribution in [2.75, 3.05) is 11.5 Å². The molecular formula is C12H24OS. The zero-order chi connectivity index (χ0) is 10.8. The second-order valence-corrected chi connectivity index (χ2v) is 5.59. The van der Waals surface area contributed by atoms with E-state index in [1.165, 1.54) is 32.1 Å². The van der Waals surface area contributed by atoms with Crippen molar-refractivity contribution in [1.82, 2.24) is 0 Å². The number of unbranched alkanes of at least 4 members (excludes halogenated alkanes) is 5. The molecular weight excluding hydrogens is 192 g/mol. The molecule has 1 nitrogen and oxygen atoms in total. The predicted molar refractivity (Wildman–Crippen MR) is 66.1 cm³/mol. The molecule has 0 spiro atoms. The average molecular weight is 216 g/mol. The highest BCUT2D eigenvalue weighted by atomic mass is 32.2. The van der Waals surface area contributed by atoms with E-state index in [9.17, 15) is 4.55 Å². The zero-order valence-electron chi connectivity index (χ0n) is 9.68. The fourth-order valence-electron chi connectivity index (χ4n) is 1.39. The standard InChI is InChI=1S/C12H24OS/c1-4-5-6-7-8-9-10-14(13)11-12(2)3/h2,4-11H2,1,3H3. The zero-order valence-corrected chi connectivity index (χ0v) is 10.5. The van der Waals surface area contributed by atoms with Crippen molar-refractivity contribution >= 4 is 11.2 Å². The first-order chi connectivity index (χ1) is 6.66. The molecule has 0 rings (SSSR count). The minimum atomic E-state index is -0.657. The largest absolute Gasteiger partial charge is 0.616 e. The van der Waals surface area contributed by atoms with Crippen LogP contribution in [-0.4, -0.2) is 16.1 Å². The second kappa shape index (κ2) is 9.60. The van der Waals surface area contributed by atoms with Gasteiger partial charge in [0.05, 0.1) is 0 Å². The monoisotopic (exact) mass is 216 g/mol. The van der Waals surface area contributed by atoms with Crippen LogP contribution in [0.2, 0.25) is 0 Å². The smallest absolute Gasteiger partial charge is 0.126 e. The van der Waals surface area contributed by atoms with Crippen LogP contribution in [0.15, 0.2) is 12.2 Å². The van der Waals surface area contributed by atoms with Gasteiger partial charge in [-0.3, -0.25) is 0 Å². The van der Waals surface area contributed by atoms with Gasteiger partial charge in [0.2, 0.25) is 0 Å². The van der Waals surface area contributed by atoms with Gasteiger partial charge in [-0.25, -0.2) is 0 Å². The fourth-order valence-corrected chi connectivity index (χ4v) is 2.61. The highest BCUT2D eigenvalue weighted by Crippen LogP contribution is 2.07. The summed E-state index contributed by atoms with van der Waals surface area (Å²) in [6, 6.07) is 0. The van der Waals surface area contributed by atoms with Crippen molar-refractivity contribution < 1.29 is 4.55 Å². The van der Waals surface area contributed by atoms with Gasteiger partial charge in [0.1, 0.15) is 11.5 Å². The summed E-state index contributed by atoms with van der Waals surface area (Å²) in [5.41, 5.74) is 1.04. The SMILES string of the molecule is C=C(C)C[S+]([O-])CCCCCCCC. The van der Waals surface area contributed by atoms with Gasteiger partial charge in [-0.2, -0.15) is 0 Å². The molecule has 0 aliphatic carbocycles. The average Bonchev–Trinajstić information content (AvgIpc) is 2.10. The molecule has 1 atom stereocenters. The summed E-state index contributed by atoms with van der Waals surface area (Å²) in [5.74, 6) is 1.55. The molecule has 0 saturated carbocycles. The molecule has 0 bridgehead atoms. The molecule has 0 aromatic rings. The Labute approximate surface area is 92.2 Å². The van der Waals surface area contributed by atoms with E-state index < -0.39 is 11.2 Å². The molecule has 84 valence electrons. The van der Waals surface area contributed by atoms with Gasteiger partial charge in [-0.05, 0) is 36.5 Å². The lowest BCUT2D eigenvalue weighted by Crippen LogP contribution is -2.11. The molecule has 0 aromatic carbocycles. The Balaban J connectivity index is 3.14. The minimum Gasteiger partial charge on any atom is -0.616 e. The van der Waals surface area contributed by atoms with Crippen molar-refractivity contribution in [3.05, 3.63) is 12.2 Å². The Morgan fingerprint density at radius 1 is 1.14 bits per heavy atom. The van der Waals surface area contributed by atoms with Crippen molar-refractivity contribution in [3.63, 3.8) is 0 Å². The summed E-state index contributed by atoms with van der Waals surface area (Å²) in [6.45, 7) is 7.94. The van der Waals surface area contributed by atoms with E-state index in [-0.39, 0.29) is 0 Å². The Kier molecular flexibility index (Phi) is 9.63. The molecule has 0 saturated heterocycles. The molecule has 14 heavy (non-hydrogen) atoms. The van der Waals surface area contributed by atoms with Gasteiger partial charge in [0.15, 0.2) is 0 Å². The highest BCUT2D eigenvalue weighted by molar-refractivity contribution is 7.91. The third-order valence-electron chi connectivity index (χ3n) is 2.13. The van der Waals surface area contributed by atoms with E-state index in [2.05, 4.69) is 13.5 Å².